The van der Waals surface area contributed by atoms with Gasteiger partial charge < -0.3 is 9.69 Å². The Balaban J connectivity index is 1.83. The predicted octanol–water partition coefficient (Wildman–Crippen LogP) is 2.55. The third kappa shape index (κ3) is 4.28. The number of hydrogen-bond donors (Lipinski definition) is 0. The van der Waals surface area contributed by atoms with Crippen molar-refractivity contribution in [1.29, 1.82) is 0 Å². The molecule has 2 fully saturated rings. The van der Waals surface area contributed by atoms with Crippen LogP contribution in [-0.2, 0) is 4.79 Å². The second kappa shape index (κ2) is 7.39. The lowest BCUT2D eigenvalue weighted by Crippen LogP contribution is -2.50. The van der Waals surface area contributed by atoms with Crippen molar-refractivity contribution in [2.45, 2.75) is 51.9 Å². The topological polar surface area (TPSA) is 23.6 Å². The lowest BCUT2D eigenvalue weighted by molar-refractivity contribution is -0.118. The Kier molecular flexibility index (Phi) is 5.83. The smallest absolute Gasteiger partial charge is 0.127 e. The molecule has 0 aromatic rings. The van der Waals surface area contributed by atoms with Gasteiger partial charge >= 0.3 is 0 Å². The third-order valence-corrected chi connectivity index (χ3v) is 4.89. The van der Waals surface area contributed by atoms with E-state index in [1.54, 1.807) is 0 Å². The number of hydrogen-bond acceptors (Lipinski definition) is 3. The molecule has 1 aliphatic heterocycles. The molecule has 0 aromatic carbocycles. The van der Waals surface area contributed by atoms with E-state index in [1.807, 2.05) is 0 Å². The monoisotopic (exact) mass is 266 g/mol. The summed E-state index contributed by atoms with van der Waals surface area (Å²) in [5.74, 6) is 0. The number of carbonyl (C=O) groups excluding carboxylic acids is 1. The molecule has 2 aliphatic rings. The summed E-state index contributed by atoms with van der Waals surface area (Å²) in [7, 11) is 0. The summed E-state index contributed by atoms with van der Waals surface area (Å²) < 4.78 is 0. The Morgan fingerprint density at radius 1 is 0.947 bits per heavy atom. The van der Waals surface area contributed by atoms with Gasteiger partial charge in [0, 0.05) is 38.1 Å². The molecule has 1 saturated heterocycles. The second-order valence-corrected chi connectivity index (χ2v) is 6.51. The van der Waals surface area contributed by atoms with Crippen LogP contribution < -0.4 is 0 Å². The maximum atomic E-state index is 11.6. The molecule has 110 valence electrons. The number of nitrogens with zero attached hydrogens (tertiary/aromatic N) is 2. The standard InChI is InChI=1S/C16H30N2O/c1-2-9-17-10-12-18(13-11-17)14-16(15-19)7-5-3-4-6-8-16/h15H,2-14H2,1H3. The Hall–Kier alpha value is -0.410. The van der Waals surface area contributed by atoms with Crippen molar-refractivity contribution in [3.05, 3.63) is 0 Å². The van der Waals surface area contributed by atoms with E-state index in [4.69, 9.17) is 0 Å². The lowest BCUT2D eigenvalue weighted by atomic mass is 9.81. The van der Waals surface area contributed by atoms with Crippen LogP contribution in [0, 0.1) is 5.41 Å². The zero-order valence-corrected chi connectivity index (χ0v) is 12.6. The van der Waals surface area contributed by atoms with Gasteiger partial charge in [-0.15, -0.1) is 0 Å². The Morgan fingerprint density at radius 3 is 2.05 bits per heavy atom. The van der Waals surface area contributed by atoms with Gasteiger partial charge in [0.2, 0.25) is 0 Å². The van der Waals surface area contributed by atoms with Crippen molar-refractivity contribution in [3.63, 3.8) is 0 Å². The van der Waals surface area contributed by atoms with Crippen LogP contribution >= 0.6 is 0 Å². The highest BCUT2D eigenvalue weighted by molar-refractivity contribution is 5.59. The zero-order valence-electron chi connectivity index (χ0n) is 12.6. The Bertz CT molecular complexity index is 264. The fourth-order valence-corrected chi connectivity index (χ4v) is 3.68. The number of aldehydes is 1. The molecule has 0 bridgehead atoms. The van der Waals surface area contributed by atoms with Gasteiger partial charge in [-0.3, -0.25) is 4.90 Å². The SMILES string of the molecule is CCCN1CCN(CC2(C=O)CCCCCC2)CC1. The number of piperazine rings is 1. The maximum absolute atomic E-state index is 11.6. The Morgan fingerprint density at radius 2 is 1.53 bits per heavy atom. The van der Waals surface area contributed by atoms with Gasteiger partial charge in [-0.05, 0) is 25.8 Å². The van der Waals surface area contributed by atoms with Gasteiger partial charge in [0.1, 0.15) is 6.29 Å². The summed E-state index contributed by atoms with van der Waals surface area (Å²) >= 11 is 0. The van der Waals surface area contributed by atoms with Crippen LogP contribution in [0.25, 0.3) is 0 Å². The summed E-state index contributed by atoms with van der Waals surface area (Å²) in [6, 6.07) is 0. The van der Waals surface area contributed by atoms with E-state index >= 15 is 0 Å². The fraction of sp³-hybridized carbons (Fsp3) is 0.938. The first-order valence-corrected chi connectivity index (χ1v) is 8.19. The highest BCUT2D eigenvalue weighted by Gasteiger charge is 2.33. The highest BCUT2D eigenvalue weighted by Crippen LogP contribution is 2.34. The molecule has 1 heterocycles. The molecule has 1 saturated carbocycles. The molecule has 0 spiro atoms. The minimum Gasteiger partial charge on any atom is -0.303 e. The first-order chi connectivity index (χ1) is 9.28. The molecule has 0 N–H and O–H groups in total. The molecule has 3 nitrogen and oxygen atoms in total. The largest absolute Gasteiger partial charge is 0.303 e. The van der Waals surface area contributed by atoms with Crippen LogP contribution in [0.2, 0.25) is 0 Å². The van der Waals surface area contributed by atoms with Gasteiger partial charge in [0.05, 0.1) is 0 Å². The molecule has 3 heteroatoms. The molecule has 0 aromatic heterocycles. The van der Waals surface area contributed by atoms with E-state index in [0.29, 0.717) is 0 Å². The summed E-state index contributed by atoms with van der Waals surface area (Å²) in [4.78, 5) is 16.7. The van der Waals surface area contributed by atoms with Gasteiger partial charge in [0.15, 0.2) is 0 Å². The van der Waals surface area contributed by atoms with E-state index in [9.17, 15) is 4.79 Å². The van der Waals surface area contributed by atoms with Crippen molar-refractivity contribution in [2.24, 2.45) is 5.41 Å². The molecule has 1 aliphatic carbocycles. The van der Waals surface area contributed by atoms with Crippen molar-refractivity contribution in [2.75, 3.05) is 39.3 Å². The van der Waals surface area contributed by atoms with Gasteiger partial charge in [-0.1, -0.05) is 32.6 Å². The minimum atomic E-state index is -0.0244. The van der Waals surface area contributed by atoms with E-state index < -0.39 is 0 Å². The van der Waals surface area contributed by atoms with Crippen molar-refractivity contribution >= 4 is 6.29 Å². The highest BCUT2D eigenvalue weighted by atomic mass is 16.1. The molecule has 0 amide bonds. The van der Waals surface area contributed by atoms with Crippen LogP contribution in [0.3, 0.4) is 0 Å². The maximum Gasteiger partial charge on any atom is 0.127 e. The Labute approximate surface area is 118 Å². The quantitative estimate of drug-likeness (QED) is 0.564. The molecular weight excluding hydrogens is 236 g/mol. The third-order valence-electron chi connectivity index (χ3n) is 4.89. The van der Waals surface area contributed by atoms with Crippen LogP contribution in [0.4, 0.5) is 0 Å². The molecule has 0 radical (unpaired) electrons. The summed E-state index contributed by atoms with van der Waals surface area (Å²) in [5, 5.41) is 0. The normalized spacial score (nSPS) is 25.9. The molecule has 2 rings (SSSR count). The molecular formula is C16H30N2O. The average molecular weight is 266 g/mol. The van der Waals surface area contributed by atoms with Gasteiger partial charge in [-0.2, -0.15) is 0 Å². The van der Waals surface area contributed by atoms with E-state index in [0.717, 1.165) is 32.5 Å². The summed E-state index contributed by atoms with van der Waals surface area (Å²) in [6.07, 6.45) is 9.90. The lowest BCUT2D eigenvalue weighted by Gasteiger charge is -2.39. The molecule has 0 unspecified atom stereocenters. The van der Waals surface area contributed by atoms with Crippen molar-refractivity contribution in [3.8, 4) is 0 Å². The van der Waals surface area contributed by atoms with Gasteiger partial charge in [-0.25, -0.2) is 0 Å². The first-order valence-electron chi connectivity index (χ1n) is 8.19. The minimum absolute atomic E-state index is 0.0244. The molecule has 19 heavy (non-hydrogen) atoms. The zero-order chi connectivity index (χ0) is 13.6. The molecule has 0 atom stereocenters. The predicted molar refractivity (Wildman–Crippen MR) is 79.4 cm³/mol. The second-order valence-electron chi connectivity index (χ2n) is 6.51. The number of rotatable bonds is 5. The van der Waals surface area contributed by atoms with Crippen molar-refractivity contribution in [1.82, 2.24) is 9.80 Å². The van der Waals surface area contributed by atoms with E-state index in [1.165, 1.54) is 58.0 Å². The van der Waals surface area contributed by atoms with Crippen LogP contribution in [0.15, 0.2) is 0 Å². The van der Waals surface area contributed by atoms with Crippen LogP contribution in [0.1, 0.15) is 51.9 Å². The van der Waals surface area contributed by atoms with E-state index in [2.05, 4.69) is 16.7 Å². The fourth-order valence-electron chi connectivity index (χ4n) is 3.68. The first kappa shape index (κ1) is 15.0. The van der Waals surface area contributed by atoms with Crippen molar-refractivity contribution < 1.29 is 4.79 Å². The summed E-state index contributed by atoms with van der Waals surface area (Å²) in [6.45, 7) is 9.15. The van der Waals surface area contributed by atoms with Gasteiger partial charge in [0.25, 0.3) is 0 Å². The van der Waals surface area contributed by atoms with Crippen LogP contribution in [-0.4, -0.2) is 55.4 Å². The average Bonchev–Trinajstić information content (AvgIpc) is 2.68. The number of carbonyl (C=O) groups is 1. The van der Waals surface area contributed by atoms with E-state index in [-0.39, 0.29) is 5.41 Å². The summed E-state index contributed by atoms with van der Waals surface area (Å²) in [5.41, 5.74) is -0.0244. The van der Waals surface area contributed by atoms with Crippen LogP contribution in [0.5, 0.6) is 0 Å².